The molecule has 0 amide bonds. The summed E-state index contributed by atoms with van der Waals surface area (Å²) in [5, 5.41) is 0. The molecular weight excluding hydrogens is 192 g/mol. The predicted molar refractivity (Wildman–Crippen MR) is 62.5 cm³/mol. The molecule has 3 N–H and O–H groups in total. The maximum Gasteiger partial charge on any atom is 0.0839 e. The molecule has 0 bridgehead atoms. The highest BCUT2D eigenvalue weighted by Gasteiger charge is 2.32. The lowest BCUT2D eigenvalue weighted by Crippen LogP contribution is -2.55. The Bertz CT molecular complexity index is 165. The molecule has 15 heavy (non-hydrogen) atoms. The minimum atomic E-state index is -0.265. The van der Waals surface area contributed by atoms with Crippen LogP contribution in [-0.4, -0.2) is 31.0 Å². The van der Waals surface area contributed by atoms with Gasteiger partial charge in [-0.3, -0.25) is 11.3 Å². The van der Waals surface area contributed by atoms with Gasteiger partial charge in [-0.05, 0) is 34.1 Å². The third kappa shape index (κ3) is 4.93. The zero-order valence-electron chi connectivity index (χ0n) is 10.7. The van der Waals surface area contributed by atoms with Gasteiger partial charge in [-0.15, -0.1) is 0 Å². The molecule has 0 heterocycles. The molecule has 0 saturated heterocycles. The molecule has 4 nitrogen and oxygen atoms in total. The third-order valence-electron chi connectivity index (χ3n) is 2.71. The summed E-state index contributed by atoms with van der Waals surface area (Å²) in [6.45, 7) is 11.4. The summed E-state index contributed by atoms with van der Waals surface area (Å²) < 4.78 is 11.3. The maximum atomic E-state index is 5.74. The topological polar surface area (TPSA) is 56.5 Å². The molecule has 0 aliphatic heterocycles. The standard InChI is InChI=1S/C11H26N2O2/c1-6-11(5,15-7-2)10(13-12)8-14-9(3)4/h9-10,13H,6-8,12H2,1-5H3. The van der Waals surface area contributed by atoms with Gasteiger partial charge < -0.3 is 9.47 Å². The first kappa shape index (κ1) is 14.8. The largest absolute Gasteiger partial charge is 0.377 e. The summed E-state index contributed by atoms with van der Waals surface area (Å²) in [6, 6.07) is 0.0184. The van der Waals surface area contributed by atoms with E-state index in [0.29, 0.717) is 13.2 Å². The van der Waals surface area contributed by atoms with Gasteiger partial charge in [0.05, 0.1) is 24.4 Å². The van der Waals surface area contributed by atoms with E-state index in [-0.39, 0.29) is 17.7 Å². The van der Waals surface area contributed by atoms with E-state index in [4.69, 9.17) is 15.3 Å². The van der Waals surface area contributed by atoms with Gasteiger partial charge in [-0.25, -0.2) is 0 Å². The van der Waals surface area contributed by atoms with E-state index >= 15 is 0 Å². The van der Waals surface area contributed by atoms with Crippen molar-refractivity contribution in [2.45, 2.75) is 58.8 Å². The smallest absolute Gasteiger partial charge is 0.0839 e. The Morgan fingerprint density at radius 3 is 2.27 bits per heavy atom. The summed E-state index contributed by atoms with van der Waals surface area (Å²) in [7, 11) is 0. The lowest BCUT2D eigenvalue weighted by molar-refractivity contribution is -0.0809. The minimum absolute atomic E-state index is 0.0184. The van der Waals surface area contributed by atoms with Gasteiger partial charge >= 0.3 is 0 Å². The highest BCUT2D eigenvalue weighted by atomic mass is 16.5. The zero-order valence-corrected chi connectivity index (χ0v) is 10.7. The average molecular weight is 218 g/mol. The van der Waals surface area contributed by atoms with Crippen LogP contribution >= 0.6 is 0 Å². The summed E-state index contributed by atoms with van der Waals surface area (Å²) >= 11 is 0. The molecule has 2 atom stereocenters. The molecule has 2 unspecified atom stereocenters. The van der Waals surface area contributed by atoms with E-state index in [9.17, 15) is 0 Å². The lowest BCUT2D eigenvalue weighted by Gasteiger charge is -2.36. The second kappa shape index (κ2) is 7.17. The first-order valence-corrected chi connectivity index (χ1v) is 5.71. The number of hydrazine groups is 1. The van der Waals surface area contributed by atoms with Crippen LogP contribution in [0.25, 0.3) is 0 Å². The number of ether oxygens (including phenoxy) is 2. The molecule has 0 aromatic heterocycles. The Morgan fingerprint density at radius 2 is 1.93 bits per heavy atom. The minimum Gasteiger partial charge on any atom is -0.377 e. The van der Waals surface area contributed by atoms with Gasteiger partial charge in [0.2, 0.25) is 0 Å². The SMILES string of the molecule is CCOC(C)(CC)C(COC(C)C)NN. The molecule has 92 valence electrons. The number of hydrogen-bond donors (Lipinski definition) is 2. The van der Waals surface area contributed by atoms with Crippen LogP contribution in [0.5, 0.6) is 0 Å². The second-order valence-corrected chi connectivity index (χ2v) is 4.20. The average Bonchev–Trinajstić information content (AvgIpc) is 2.18. The highest BCUT2D eigenvalue weighted by molar-refractivity contribution is 4.87. The Balaban J connectivity index is 4.32. The van der Waals surface area contributed by atoms with Crippen LogP contribution in [0.1, 0.15) is 41.0 Å². The van der Waals surface area contributed by atoms with Crippen molar-refractivity contribution < 1.29 is 9.47 Å². The normalized spacial score (nSPS) is 17.8. The fraction of sp³-hybridized carbons (Fsp3) is 1.00. The maximum absolute atomic E-state index is 5.74. The molecule has 0 aromatic carbocycles. The Morgan fingerprint density at radius 1 is 1.33 bits per heavy atom. The molecule has 0 rings (SSSR count). The summed E-state index contributed by atoms with van der Waals surface area (Å²) in [4.78, 5) is 0. The quantitative estimate of drug-likeness (QED) is 0.478. The summed E-state index contributed by atoms with van der Waals surface area (Å²) in [5.41, 5.74) is 2.52. The van der Waals surface area contributed by atoms with Crippen LogP contribution in [-0.2, 0) is 9.47 Å². The van der Waals surface area contributed by atoms with Crippen molar-refractivity contribution in [3.63, 3.8) is 0 Å². The summed E-state index contributed by atoms with van der Waals surface area (Å²) in [5.74, 6) is 5.54. The van der Waals surface area contributed by atoms with E-state index in [1.165, 1.54) is 0 Å². The molecule has 0 aliphatic carbocycles. The number of rotatable bonds is 8. The van der Waals surface area contributed by atoms with Crippen molar-refractivity contribution in [2.75, 3.05) is 13.2 Å². The molecule has 4 heteroatoms. The number of nitrogens with one attached hydrogen (secondary N) is 1. The van der Waals surface area contributed by atoms with E-state index in [0.717, 1.165) is 6.42 Å². The van der Waals surface area contributed by atoms with Gasteiger partial charge in [0, 0.05) is 6.61 Å². The third-order valence-corrected chi connectivity index (χ3v) is 2.71. The van der Waals surface area contributed by atoms with Gasteiger partial charge in [0.15, 0.2) is 0 Å². The molecule has 0 radical (unpaired) electrons. The highest BCUT2D eigenvalue weighted by Crippen LogP contribution is 2.20. The molecule has 0 spiro atoms. The monoisotopic (exact) mass is 218 g/mol. The fourth-order valence-electron chi connectivity index (χ4n) is 1.47. The molecule has 0 saturated carbocycles. The van der Waals surface area contributed by atoms with Crippen molar-refractivity contribution >= 4 is 0 Å². The van der Waals surface area contributed by atoms with Crippen LogP contribution < -0.4 is 11.3 Å². The van der Waals surface area contributed by atoms with E-state index < -0.39 is 0 Å². The van der Waals surface area contributed by atoms with Crippen LogP contribution in [0.15, 0.2) is 0 Å². The van der Waals surface area contributed by atoms with Crippen LogP contribution in [0.3, 0.4) is 0 Å². The number of hydrogen-bond acceptors (Lipinski definition) is 4. The van der Waals surface area contributed by atoms with E-state index in [2.05, 4.69) is 19.3 Å². The Kier molecular flexibility index (Phi) is 7.09. The van der Waals surface area contributed by atoms with Crippen molar-refractivity contribution in [1.82, 2.24) is 5.43 Å². The summed E-state index contributed by atoms with van der Waals surface area (Å²) in [6.07, 6.45) is 1.11. The van der Waals surface area contributed by atoms with Crippen molar-refractivity contribution in [1.29, 1.82) is 0 Å². The molecular formula is C11H26N2O2. The molecule has 0 aliphatic rings. The van der Waals surface area contributed by atoms with Gasteiger partial charge in [0.1, 0.15) is 0 Å². The fourth-order valence-corrected chi connectivity index (χ4v) is 1.47. The Hall–Kier alpha value is -0.160. The van der Waals surface area contributed by atoms with Crippen LogP contribution in [0.2, 0.25) is 0 Å². The second-order valence-electron chi connectivity index (χ2n) is 4.20. The first-order chi connectivity index (χ1) is 7.00. The van der Waals surface area contributed by atoms with Gasteiger partial charge in [-0.1, -0.05) is 6.92 Å². The lowest BCUT2D eigenvalue weighted by atomic mass is 9.94. The van der Waals surface area contributed by atoms with E-state index in [1.54, 1.807) is 0 Å². The Labute approximate surface area is 93.5 Å². The van der Waals surface area contributed by atoms with Crippen molar-refractivity contribution in [2.24, 2.45) is 5.84 Å². The predicted octanol–water partition coefficient (Wildman–Crippen LogP) is 1.45. The van der Waals surface area contributed by atoms with Crippen molar-refractivity contribution in [3.8, 4) is 0 Å². The van der Waals surface area contributed by atoms with Crippen molar-refractivity contribution in [3.05, 3.63) is 0 Å². The number of nitrogens with two attached hydrogens (primary N) is 1. The van der Waals surface area contributed by atoms with Gasteiger partial charge in [-0.2, -0.15) is 0 Å². The van der Waals surface area contributed by atoms with E-state index in [1.807, 2.05) is 20.8 Å². The van der Waals surface area contributed by atoms with Crippen LogP contribution in [0, 0.1) is 0 Å². The van der Waals surface area contributed by atoms with Crippen LogP contribution in [0.4, 0.5) is 0 Å². The molecule has 0 fully saturated rings. The molecule has 0 aromatic rings. The first-order valence-electron chi connectivity index (χ1n) is 5.71. The zero-order chi connectivity index (χ0) is 11.9. The van der Waals surface area contributed by atoms with Gasteiger partial charge in [0.25, 0.3) is 0 Å².